The molecule has 2 heterocycles. The largest absolute Gasteiger partial charge is 0.416 e. The highest BCUT2D eigenvalue weighted by Crippen LogP contribution is 2.47. The van der Waals surface area contributed by atoms with Gasteiger partial charge in [-0.2, -0.15) is 13.2 Å². The SMILES string of the molecule is [C-]#[N+]c1cc(-n2c3ccccc3c3ccc(-c4ccc(C)cc4)cc32)c(-n2c3ccccc3c3ccc(-c4ccc(C)cc4)cc32)cc1-c1c(C)cccc1C(F)(F)F. The van der Waals surface area contributed by atoms with Crippen molar-refractivity contribution in [2.45, 2.75) is 26.9 Å². The maximum atomic E-state index is 14.9. The number of para-hydroxylation sites is 2. The fourth-order valence-electron chi connectivity index (χ4n) is 8.79. The molecule has 0 saturated heterocycles. The van der Waals surface area contributed by atoms with E-state index in [-0.39, 0.29) is 16.8 Å². The van der Waals surface area contributed by atoms with Gasteiger partial charge >= 0.3 is 6.18 Å². The summed E-state index contributed by atoms with van der Waals surface area (Å²) in [4.78, 5) is 3.98. The van der Waals surface area contributed by atoms with Gasteiger partial charge in [-0.3, -0.25) is 0 Å². The fraction of sp³-hybridized carbons (Fsp3) is 0.0755. The molecule has 0 aliphatic rings. The van der Waals surface area contributed by atoms with Gasteiger partial charge in [-0.15, -0.1) is 0 Å². The predicted octanol–water partition coefficient (Wildman–Crippen LogP) is 15.4. The van der Waals surface area contributed by atoms with Crippen LogP contribution in [0.1, 0.15) is 22.3 Å². The normalized spacial score (nSPS) is 11.9. The Morgan fingerprint density at radius 2 is 0.915 bits per heavy atom. The topological polar surface area (TPSA) is 14.2 Å². The first-order valence-corrected chi connectivity index (χ1v) is 19.5. The molecule has 10 rings (SSSR count). The Morgan fingerprint density at radius 3 is 1.41 bits per heavy atom. The molecule has 0 atom stereocenters. The van der Waals surface area contributed by atoms with Crippen LogP contribution in [0.3, 0.4) is 0 Å². The molecule has 2 aromatic heterocycles. The number of benzene rings is 8. The molecule has 0 N–H and O–H groups in total. The molecule has 0 saturated carbocycles. The minimum atomic E-state index is -4.64. The molecule has 0 fully saturated rings. The highest BCUT2D eigenvalue weighted by Gasteiger charge is 2.35. The summed E-state index contributed by atoms with van der Waals surface area (Å²) in [5, 5.41) is 4.07. The molecule has 0 radical (unpaired) electrons. The van der Waals surface area contributed by atoms with Crippen molar-refractivity contribution in [2.75, 3.05) is 0 Å². The van der Waals surface area contributed by atoms with Crippen molar-refractivity contribution in [3.63, 3.8) is 0 Å². The van der Waals surface area contributed by atoms with Gasteiger partial charge in [0.15, 0.2) is 5.69 Å². The molecule has 0 bridgehead atoms. The minimum Gasteiger partial charge on any atom is -0.308 e. The van der Waals surface area contributed by atoms with E-state index in [1.54, 1.807) is 19.1 Å². The number of alkyl halides is 3. The minimum absolute atomic E-state index is 0.00351. The van der Waals surface area contributed by atoms with Crippen LogP contribution in [0.15, 0.2) is 164 Å². The van der Waals surface area contributed by atoms with Crippen LogP contribution in [0.5, 0.6) is 0 Å². The van der Waals surface area contributed by atoms with Gasteiger partial charge in [0.2, 0.25) is 0 Å². The zero-order chi connectivity index (χ0) is 40.6. The zero-order valence-electron chi connectivity index (χ0n) is 32.6. The standard InChI is InChI=1S/C53H36F3N3/c1-32-16-20-35(21-17-32)37-24-26-41-39-11-5-7-14-46(39)58(48(41)28-37)50-30-43(52-34(3)10-9-13-44(52)53(54,55)56)45(57-4)31-51(50)59-47-15-8-6-12-40(47)42-27-25-38(29-49(42)59)36-22-18-33(2)19-23-36/h5-31H,1-3H3. The van der Waals surface area contributed by atoms with E-state index in [1.165, 1.54) is 11.6 Å². The van der Waals surface area contributed by atoms with Gasteiger partial charge in [0.25, 0.3) is 0 Å². The van der Waals surface area contributed by atoms with Gasteiger partial charge in [0.1, 0.15) is 0 Å². The molecular formula is C53H36F3N3. The molecule has 59 heavy (non-hydrogen) atoms. The van der Waals surface area contributed by atoms with E-state index in [4.69, 9.17) is 6.57 Å². The third-order valence-electron chi connectivity index (χ3n) is 11.7. The van der Waals surface area contributed by atoms with Crippen molar-refractivity contribution in [3.8, 4) is 44.8 Å². The van der Waals surface area contributed by atoms with Crippen molar-refractivity contribution in [2.24, 2.45) is 0 Å². The van der Waals surface area contributed by atoms with E-state index >= 15 is 0 Å². The van der Waals surface area contributed by atoms with Crippen LogP contribution >= 0.6 is 0 Å². The van der Waals surface area contributed by atoms with Crippen LogP contribution in [0.4, 0.5) is 18.9 Å². The third kappa shape index (κ3) is 5.89. The van der Waals surface area contributed by atoms with E-state index in [0.717, 1.165) is 77.5 Å². The quantitative estimate of drug-likeness (QED) is 0.155. The number of fused-ring (bicyclic) bond motifs is 6. The number of halogens is 3. The summed E-state index contributed by atoms with van der Waals surface area (Å²) in [5.74, 6) is 0. The second-order valence-electron chi connectivity index (χ2n) is 15.4. The van der Waals surface area contributed by atoms with Crippen molar-refractivity contribution in [3.05, 3.63) is 197 Å². The molecule has 284 valence electrons. The molecule has 6 heteroatoms. The molecule has 3 nitrogen and oxygen atoms in total. The highest BCUT2D eigenvalue weighted by molar-refractivity contribution is 6.13. The van der Waals surface area contributed by atoms with Crippen molar-refractivity contribution >= 4 is 49.3 Å². The molecule has 8 aromatic carbocycles. The van der Waals surface area contributed by atoms with Crippen molar-refractivity contribution in [1.82, 2.24) is 9.13 Å². The summed E-state index contributed by atoms with van der Waals surface area (Å²) in [5.41, 5.74) is 11.5. The molecular weight excluding hydrogens is 736 g/mol. The number of aromatic nitrogens is 2. The van der Waals surface area contributed by atoms with E-state index in [2.05, 4.69) is 137 Å². The van der Waals surface area contributed by atoms with Gasteiger partial charge in [-0.05, 0) is 102 Å². The third-order valence-corrected chi connectivity index (χ3v) is 11.7. The average Bonchev–Trinajstić information content (AvgIpc) is 3.75. The fourth-order valence-corrected chi connectivity index (χ4v) is 8.79. The van der Waals surface area contributed by atoms with Crippen molar-refractivity contribution < 1.29 is 13.2 Å². The molecule has 10 aromatic rings. The van der Waals surface area contributed by atoms with Gasteiger partial charge in [-0.1, -0.05) is 132 Å². The smallest absolute Gasteiger partial charge is 0.308 e. The highest BCUT2D eigenvalue weighted by atomic mass is 19.4. The second kappa shape index (κ2) is 13.6. The Bertz CT molecular complexity index is 3340. The Kier molecular flexibility index (Phi) is 8.33. The lowest BCUT2D eigenvalue weighted by molar-refractivity contribution is -0.137. The van der Waals surface area contributed by atoms with Crippen LogP contribution in [0.25, 0.3) is 93.2 Å². The number of hydrogen-bond acceptors (Lipinski definition) is 0. The molecule has 0 spiro atoms. The first-order chi connectivity index (χ1) is 28.6. The van der Waals surface area contributed by atoms with Crippen LogP contribution in [0, 0.1) is 27.3 Å². The zero-order valence-corrected chi connectivity index (χ0v) is 32.6. The Balaban J connectivity index is 1.38. The number of rotatable bonds is 5. The van der Waals surface area contributed by atoms with Crippen LogP contribution < -0.4 is 0 Å². The van der Waals surface area contributed by atoms with E-state index in [0.29, 0.717) is 16.9 Å². The molecule has 0 aliphatic carbocycles. The van der Waals surface area contributed by atoms with Crippen LogP contribution in [-0.4, -0.2) is 9.13 Å². The number of nitrogens with zero attached hydrogens (tertiary/aromatic N) is 3. The maximum absolute atomic E-state index is 14.9. The summed E-state index contributed by atoms with van der Waals surface area (Å²) >= 11 is 0. The average molecular weight is 772 g/mol. The second-order valence-corrected chi connectivity index (χ2v) is 15.4. The lowest BCUT2D eigenvalue weighted by Crippen LogP contribution is -2.09. The Hall–Kier alpha value is -7.36. The molecule has 0 amide bonds. The van der Waals surface area contributed by atoms with Gasteiger partial charge in [0.05, 0.1) is 45.6 Å². The Morgan fingerprint density at radius 1 is 0.458 bits per heavy atom. The summed E-state index contributed by atoms with van der Waals surface area (Å²) in [7, 11) is 0. The van der Waals surface area contributed by atoms with Crippen molar-refractivity contribution in [1.29, 1.82) is 0 Å². The van der Waals surface area contributed by atoms with Gasteiger partial charge < -0.3 is 9.13 Å². The first kappa shape index (κ1) is 36.0. The first-order valence-electron chi connectivity index (χ1n) is 19.5. The predicted molar refractivity (Wildman–Crippen MR) is 237 cm³/mol. The maximum Gasteiger partial charge on any atom is 0.416 e. The lowest BCUT2D eigenvalue weighted by atomic mass is 9.92. The summed E-state index contributed by atoms with van der Waals surface area (Å²) in [6.07, 6.45) is -4.64. The molecule has 0 aliphatic heterocycles. The van der Waals surface area contributed by atoms with Gasteiger partial charge in [0, 0.05) is 21.5 Å². The van der Waals surface area contributed by atoms with Crippen LogP contribution in [-0.2, 0) is 6.18 Å². The number of aryl methyl sites for hydroxylation is 3. The number of hydrogen-bond donors (Lipinski definition) is 0. The van der Waals surface area contributed by atoms with Crippen LogP contribution in [0.2, 0.25) is 0 Å². The van der Waals surface area contributed by atoms with E-state index in [1.807, 2.05) is 30.3 Å². The monoisotopic (exact) mass is 771 g/mol. The van der Waals surface area contributed by atoms with Gasteiger partial charge in [-0.25, -0.2) is 4.85 Å². The lowest BCUT2D eigenvalue weighted by Gasteiger charge is -2.22. The summed E-state index contributed by atoms with van der Waals surface area (Å²) < 4.78 is 49.2. The Labute approximate surface area is 339 Å². The summed E-state index contributed by atoms with van der Waals surface area (Å²) in [6.45, 7) is 14.3. The summed E-state index contributed by atoms with van der Waals surface area (Å²) in [6, 6.07) is 53.9. The molecule has 0 unspecified atom stereocenters. The van der Waals surface area contributed by atoms with E-state index in [9.17, 15) is 13.2 Å². The van der Waals surface area contributed by atoms with E-state index < -0.39 is 11.7 Å².